The van der Waals surface area contributed by atoms with E-state index in [9.17, 15) is 31.1 Å². The zero-order valence-corrected chi connectivity index (χ0v) is 29.0. The van der Waals surface area contributed by atoms with E-state index in [0.29, 0.717) is 23.2 Å². The van der Waals surface area contributed by atoms with E-state index in [1.807, 2.05) is 30.5 Å². The lowest BCUT2D eigenvalue weighted by atomic mass is 10.0. The van der Waals surface area contributed by atoms with Crippen molar-refractivity contribution in [1.82, 2.24) is 29.5 Å². The largest absolute Gasteiger partial charge is 0.451 e. The highest BCUT2D eigenvalue weighted by Crippen LogP contribution is 2.30. The Bertz CT molecular complexity index is 1770. The van der Waals surface area contributed by atoms with Gasteiger partial charge in [-0.25, -0.2) is 13.2 Å². The first-order chi connectivity index (χ1) is 24.2. The quantitative estimate of drug-likeness (QED) is 0.116. The molecular formula is C34H41ClF6N8O2. The first kappa shape index (κ1) is 39.8. The summed E-state index contributed by atoms with van der Waals surface area (Å²) in [4.78, 5) is 20.3. The average Bonchev–Trinajstić information content (AvgIpc) is 3.51. The van der Waals surface area contributed by atoms with Crippen molar-refractivity contribution in [2.24, 2.45) is 5.73 Å². The number of aromatic nitrogens is 4. The van der Waals surface area contributed by atoms with Gasteiger partial charge in [0.05, 0.1) is 18.7 Å². The number of fused-ring (bicyclic) bond motifs is 2. The number of likely N-dealkylation sites (N-methyl/N-ethyl adjacent to an activating group) is 1. The van der Waals surface area contributed by atoms with Crippen LogP contribution in [0.5, 0.6) is 0 Å². The monoisotopic (exact) mass is 742 g/mol. The van der Waals surface area contributed by atoms with Crippen LogP contribution in [-0.2, 0) is 30.5 Å². The highest BCUT2D eigenvalue weighted by Gasteiger charge is 2.40. The maximum Gasteiger partial charge on any atom is 0.451 e. The van der Waals surface area contributed by atoms with Gasteiger partial charge in [0.25, 0.3) is 0 Å². The molecule has 0 saturated carbocycles. The number of halogens is 7. The first-order valence-corrected chi connectivity index (χ1v) is 16.9. The van der Waals surface area contributed by atoms with Crippen molar-refractivity contribution in [3.05, 3.63) is 82.3 Å². The fourth-order valence-electron chi connectivity index (χ4n) is 5.78. The van der Waals surface area contributed by atoms with Crippen molar-refractivity contribution in [3.63, 3.8) is 0 Å². The topological polar surface area (TPSA) is 125 Å². The van der Waals surface area contributed by atoms with Gasteiger partial charge in [-0.1, -0.05) is 18.5 Å². The van der Waals surface area contributed by atoms with Crippen molar-refractivity contribution in [2.75, 3.05) is 38.1 Å². The molecule has 17 heteroatoms. The van der Waals surface area contributed by atoms with Crippen molar-refractivity contribution in [3.8, 4) is 0 Å². The molecule has 1 aliphatic heterocycles. The smallest absolute Gasteiger partial charge is 0.395 e. The number of benzene rings is 2. The van der Waals surface area contributed by atoms with Crippen molar-refractivity contribution in [2.45, 2.75) is 70.9 Å². The minimum Gasteiger partial charge on any atom is -0.395 e. The van der Waals surface area contributed by atoms with Crippen molar-refractivity contribution >= 4 is 34.1 Å². The molecule has 0 bridgehead atoms. The van der Waals surface area contributed by atoms with Gasteiger partial charge in [0.15, 0.2) is 17.5 Å². The maximum atomic E-state index is 13.7. The Morgan fingerprint density at radius 3 is 2.53 bits per heavy atom. The summed E-state index contributed by atoms with van der Waals surface area (Å²) in [6.45, 7) is 7.02. The summed E-state index contributed by atoms with van der Waals surface area (Å²) in [5.74, 6) is -5.15. The number of amides is 1. The molecule has 278 valence electrons. The highest BCUT2D eigenvalue weighted by molar-refractivity contribution is 6.31. The number of aliphatic hydroxyl groups is 1. The number of pyridine rings is 1. The Hall–Kier alpha value is -3.99. The number of aliphatic hydroxyl groups excluding tert-OH is 1. The molecule has 0 spiro atoms. The molecule has 2 atom stereocenters. The van der Waals surface area contributed by atoms with E-state index in [4.69, 9.17) is 22.4 Å². The fraction of sp³-hybridized carbons (Fsp3) is 0.471. The number of carbonyl (C=O) groups excluding carboxylic acids is 1. The minimum atomic E-state index is -4.64. The van der Waals surface area contributed by atoms with Crippen LogP contribution in [0, 0.1) is 17.5 Å². The van der Waals surface area contributed by atoms with Crippen molar-refractivity contribution in [1.29, 1.82) is 0 Å². The van der Waals surface area contributed by atoms with E-state index >= 15 is 0 Å². The lowest BCUT2D eigenvalue weighted by Gasteiger charge is -2.29. The highest BCUT2D eigenvalue weighted by atomic mass is 35.5. The van der Waals surface area contributed by atoms with Crippen LogP contribution in [0.3, 0.4) is 0 Å². The van der Waals surface area contributed by atoms with Crippen LogP contribution in [0.2, 0.25) is 5.02 Å². The number of alkyl halides is 3. The molecule has 0 aliphatic carbocycles. The van der Waals surface area contributed by atoms with Crippen LogP contribution in [0.4, 0.5) is 32.0 Å². The number of nitrogens with one attached hydrogen (secondary N) is 1. The third-order valence-electron chi connectivity index (χ3n) is 8.45. The predicted molar refractivity (Wildman–Crippen MR) is 181 cm³/mol. The molecule has 2 aromatic carbocycles. The van der Waals surface area contributed by atoms with Crippen LogP contribution >= 0.6 is 11.6 Å². The molecule has 2 aromatic heterocycles. The number of nitrogens with two attached hydrogens (primary N) is 1. The molecule has 10 nitrogen and oxygen atoms in total. The van der Waals surface area contributed by atoms with Crippen LogP contribution in [0.25, 0.3) is 10.9 Å². The Balaban J connectivity index is 0.000000233. The predicted octanol–water partition coefficient (Wildman–Crippen LogP) is 5.80. The average molecular weight is 743 g/mol. The molecule has 5 rings (SSSR count). The zero-order chi connectivity index (χ0) is 37.3. The number of hydrogen-bond acceptors (Lipinski definition) is 8. The summed E-state index contributed by atoms with van der Waals surface area (Å²) in [6, 6.07) is 8.38. The Morgan fingerprint density at radius 1 is 1.08 bits per heavy atom. The fourth-order valence-corrected chi connectivity index (χ4v) is 5.95. The second kappa shape index (κ2) is 18.0. The SMILES string of the molecule is CCN(CCO)CCCC(C)Nc1ccnc2cc(Cl)ccc12.N[C@@H](CC(=O)N1CCn2c(nnc2C(F)(F)F)C1)Cc1cc(F)c(F)cc1F. The summed E-state index contributed by atoms with van der Waals surface area (Å²) in [7, 11) is 0. The Labute approximate surface area is 296 Å². The summed E-state index contributed by atoms with van der Waals surface area (Å²) < 4.78 is 79.3. The molecule has 1 amide bonds. The zero-order valence-electron chi connectivity index (χ0n) is 28.2. The van der Waals surface area contributed by atoms with E-state index < -0.39 is 41.4 Å². The summed E-state index contributed by atoms with van der Waals surface area (Å²) in [5, 5.41) is 21.0. The summed E-state index contributed by atoms with van der Waals surface area (Å²) in [6.07, 6.45) is -1.10. The van der Waals surface area contributed by atoms with Gasteiger partial charge < -0.3 is 30.5 Å². The molecule has 3 heterocycles. The van der Waals surface area contributed by atoms with Crippen LogP contribution in [0.1, 0.15) is 50.3 Å². The lowest BCUT2D eigenvalue weighted by Crippen LogP contribution is -2.42. The summed E-state index contributed by atoms with van der Waals surface area (Å²) in [5.41, 5.74) is 7.65. The van der Waals surface area contributed by atoms with E-state index in [1.54, 1.807) is 0 Å². The number of nitrogens with zero attached hydrogens (tertiary/aromatic N) is 6. The van der Waals surface area contributed by atoms with Gasteiger partial charge in [0.2, 0.25) is 11.7 Å². The van der Waals surface area contributed by atoms with Gasteiger partial charge in [-0.05, 0) is 75.2 Å². The van der Waals surface area contributed by atoms with E-state index in [0.717, 1.165) is 53.6 Å². The van der Waals surface area contributed by atoms with Gasteiger partial charge in [0, 0.05) is 66.5 Å². The van der Waals surface area contributed by atoms with Gasteiger partial charge in [-0.15, -0.1) is 10.2 Å². The van der Waals surface area contributed by atoms with Gasteiger partial charge in [0.1, 0.15) is 5.82 Å². The maximum absolute atomic E-state index is 13.7. The Morgan fingerprint density at radius 2 is 1.82 bits per heavy atom. The van der Waals surface area contributed by atoms with E-state index in [1.165, 1.54) is 4.90 Å². The second-order valence-corrected chi connectivity index (χ2v) is 12.7. The van der Waals surface area contributed by atoms with Gasteiger partial charge in [-0.2, -0.15) is 13.2 Å². The van der Waals surface area contributed by atoms with Crippen molar-refractivity contribution < 1.29 is 36.2 Å². The number of rotatable bonds is 13. The molecule has 1 unspecified atom stereocenters. The minimum absolute atomic E-state index is 0.000783. The molecule has 0 radical (unpaired) electrons. The molecular weight excluding hydrogens is 702 g/mol. The molecule has 4 N–H and O–H groups in total. The summed E-state index contributed by atoms with van der Waals surface area (Å²) >= 11 is 6.03. The molecule has 1 aliphatic rings. The third-order valence-corrected chi connectivity index (χ3v) is 8.68. The van der Waals surface area contributed by atoms with Crippen LogP contribution < -0.4 is 11.1 Å². The third kappa shape index (κ3) is 11.0. The lowest BCUT2D eigenvalue weighted by molar-refractivity contribution is -0.148. The van der Waals surface area contributed by atoms with Gasteiger partial charge >= 0.3 is 6.18 Å². The molecule has 0 saturated heterocycles. The Kier molecular flexibility index (Phi) is 14.0. The van der Waals surface area contributed by atoms with E-state index in [2.05, 4.69) is 39.2 Å². The normalized spacial score (nSPS) is 14.2. The molecule has 4 aromatic rings. The first-order valence-electron chi connectivity index (χ1n) is 16.5. The standard InChI is InChI=1S/C18H26ClN3O.C16H15F6N5O/c1-3-22(11-12-23)10-4-5-14(2)21-17-8-9-20-18-13-15(19)6-7-16(17)18;17-10-6-12(19)11(18)4-8(10)3-9(23)5-14(28)26-1-2-27-13(7-26)24-25-15(27)16(20,21)22/h6-9,13-14,23H,3-5,10-12H2,1-2H3,(H,20,21);4,6,9H,1-3,5,7,23H2/t;9-/m.1/s1. The molecule has 0 fully saturated rings. The van der Waals surface area contributed by atoms with E-state index in [-0.39, 0.29) is 50.5 Å². The number of anilines is 1. The number of carbonyl (C=O) groups is 1. The molecule has 51 heavy (non-hydrogen) atoms. The van der Waals surface area contributed by atoms with Gasteiger partial charge in [-0.3, -0.25) is 9.78 Å². The number of hydrogen-bond donors (Lipinski definition) is 3. The second-order valence-electron chi connectivity index (χ2n) is 12.3. The van der Waals surface area contributed by atoms with Crippen LogP contribution in [0.15, 0.2) is 42.6 Å². The van der Waals surface area contributed by atoms with Crippen LogP contribution in [-0.4, -0.2) is 85.4 Å².